The van der Waals surface area contributed by atoms with E-state index in [0.29, 0.717) is 24.7 Å². The number of nitrogens with zero attached hydrogens (tertiary/aromatic N) is 3. The van der Waals surface area contributed by atoms with Gasteiger partial charge in [-0.05, 0) is 5.92 Å². The molecule has 0 spiro atoms. The molecule has 86 valence electrons. The van der Waals surface area contributed by atoms with Crippen LogP contribution in [0.2, 0.25) is 5.15 Å². The SMILES string of the molecule is Nc1nc(Cl)cc(N2CC(CBr)CC2=O)n1. The van der Waals surface area contributed by atoms with E-state index >= 15 is 0 Å². The van der Waals surface area contributed by atoms with Gasteiger partial charge in [-0.15, -0.1) is 0 Å². The van der Waals surface area contributed by atoms with Crippen molar-refractivity contribution in [2.45, 2.75) is 6.42 Å². The van der Waals surface area contributed by atoms with E-state index in [4.69, 9.17) is 17.3 Å². The van der Waals surface area contributed by atoms with Gasteiger partial charge in [-0.1, -0.05) is 27.5 Å². The monoisotopic (exact) mass is 304 g/mol. The summed E-state index contributed by atoms with van der Waals surface area (Å²) in [5, 5.41) is 1.04. The van der Waals surface area contributed by atoms with Gasteiger partial charge in [-0.2, -0.15) is 4.98 Å². The van der Waals surface area contributed by atoms with Crippen LogP contribution in [0.15, 0.2) is 6.07 Å². The Labute approximate surface area is 106 Å². The van der Waals surface area contributed by atoms with Crippen molar-refractivity contribution < 1.29 is 4.79 Å². The van der Waals surface area contributed by atoms with Gasteiger partial charge >= 0.3 is 0 Å². The number of nitrogens with two attached hydrogens (primary N) is 1. The molecule has 0 radical (unpaired) electrons. The van der Waals surface area contributed by atoms with E-state index in [9.17, 15) is 4.79 Å². The molecule has 0 aromatic carbocycles. The second kappa shape index (κ2) is 4.55. The Morgan fingerprint density at radius 3 is 2.94 bits per heavy atom. The number of hydrogen-bond donors (Lipinski definition) is 1. The molecule has 1 aliphatic rings. The summed E-state index contributed by atoms with van der Waals surface area (Å²) in [6.07, 6.45) is 0.521. The molecule has 2 heterocycles. The van der Waals surface area contributed by atoms with Crippen molar-refractivity contribution in [1.82, 2.24) is 9.97 Å². The largest absolute Gasteiger partial charge is 0.368 e. The van der Waals surface area contributed by atoms with E-state index in [-0.39, 0.29) is 17.0 Å². The molecular weight excluding hydrogens is 295 g/mol. The number of carbonyl (C=O) groups is 1. The van der Waals surface area contributed by atoms with Gasteiger partial charge in [0.1, 0.15) is 11.0 Å². The van der Waals surface area contributed by atoms with Crippen LogP contribution in [0.1, 0.15) is 6.42 Å². The third kappa shape index (κ3) is 2.27. The first-order valence-electron chi connectivity index (χ1n) is 4.76. The zero-order chi connectivity index (χ0) is 11.7. The fourth-order valence-electron chi connectivity index (χ4n) is 1.67. The van der Waals surface area contributed by atoms with Crippen molar-refractivity contribution in [2.24, 2.45) is 5.92 Å². The quantitative estimate of drug-likeness (QED) is 0.663. The average molecular weight is 306 g/mol. The number of hydrogen-bond acceptors (Lipinski definition) is 4. The number of alkyl halides is 1. The molecule has 2 N–H and O–H groups in total. The lowest BCUT2D eigenvalue weighted by atomic mass is 10.2. The summed E-state index contributed by atoms with van der Waals surface area (Å²) in [6, 6.07) is 1.55. The lowest BCUT2D eigenvalue weighted by molar-refractivity contribution is -0.117. The molecule has 0 aliphatic carbocycles. The van der Waals surface area contributed by atoms with Crippen molar-refractivity contribution >= 4 is 45.2 Å². The van der Waals surface area contributed by atoms with Gasteiger partial charge in [0.05, 0.1) is 0 Å². The lowest BCUT2D eigenvalue weighted by Gasteiger charge is -2.15. The highest BCUT2D eigenvalue weighted by Gasteiger charge is 2.30. The van der Waals surface area contributed by atoms with Gasteiger partial charge in [-0.3, -0.25) is 9.69 Å². The molecule has 5 nitrogen and oxygen atoms in total. The van der Waals surface area contributed by atoms with Gasteiger partial charge in [0.25, 0.3) is 0 Å². The molecule has 1 saturated heterocycles. The molecule has 0 saturated carbocycles. The summed E-state index contributed by atoms with van der Waals surface area (Å²) >= 11 is 9.14. The highest BCUT2D eigenvalue weighted by atomic mass is 79.9. The number of aromatic nitrogens is 2. The molecule has 1 atom stereocenters. The van der Waals surface area contributed by atoms with E-state index in [1.54, 1.807) is 11.0 Å². The first-order valence-corrected chi connectivity index (χ1v) is 6.26. The second-order valence-electron chi connectivity index (χ2n) is 3.64. The molecule has 1 fully saturated rings. The normalized spacial score (nSPS) is 20.5. The Hall–Kier alpha value is -0.880. The van der Waals surface area contributed by atoms with E-state index < -0.39 is 0 Å². The number of carbonyl (C=O) groups excluding carboxylic acids is 1. The minimum atomic E-state index is 0.0404. The van der Waals surface area contributed by atoms with Crippen molar-refractivity contribution in [3.63, 3.8) is 0 Å². The van der Waals surface area contributed by atoms with E-state index in [1.165, 1.54) is 0 Å². The van der Waals surface area contributed by atoms with Crippen LogP contribution in [0.3, 0.4) is 0 Å². The number of halogens is 2. The average Bonchev–Trinajstić information content (AvgIpc) is 2.58. The van der Waals surface area contributed by atoms with Gasteiger partial charge in [0.2, 0.25) is 11.9 Å². The van der Waals surface area contributed by atoms with Crippen LogP contribution in [0, 0.1) is 5.92 Å². The molecule has 2 rings (SSSR count). The van der Waals surface area contributed by atoms with Crippen LogP contribution in [0.25, 0.3) is 0 Å². The Balaban J connectivity index is 2.27. The number of nitrogen functional groups attached to an aromatic ring is 1. The van der Waals surface area contributed by atoms with E-state index in [0.717, 1.165) is 5.33 Å². The second-order valence-corrected chi connectivity index (χ2v) is 4.67. The maximum atomic E-state index is 11.7. The van der Waals surface area contributed by atoms with Crippen molar-refractivity contribution in [3.8, 4) is 0 Å². The lowest BCUT2D eigenvalue weighted by Crippen LogP contribution is -2.26. The Morgan fingerprint density at radius 1 is 1.62 bits per heavy atom. The fourth-order valence-corrected chi connectivity index (χ4v) is 2.29. The highest BCUT2D eigenvalue weighted by molar-refractivity contribution is 9.09. The van der Waals surface area contributed by atoms with Gasteiger partial charge < -0.3 is 5.73 Å². The zero-order valence-electron chi connectivity index (χ0n) is 8.36. The molecule has 1 aromatic rings. The Bertz CT molecular complexity index is 408. The predicted octanol–water partition coefficient (Wildman–Crippen LogP) is 1.46. The molecule has 7 heteroatoms. The Morgan fingerprint density at radius 2 is 2.38 bits per heavy atom. The van der Waals surface area contributed by atoms with E-state index in [2.05, 4.69) is 25.9 Å². The maximum absolute atomic E-state index is 11.7. The van der Waals surface area contributed by atoms with Crippen molar-refractivity contribution in [2.75, 3.05) is 22.5 Å². The summed E-state index contributed by atoms with van der Waals surface area (Å²) in [7, 11) is 0. The summed E-state index contributed by atoms with van der Waals surface area (Å²) in [4.78, 5) is 21.1. The van der Waals surface area contributed by atoms with Crippen LogP contribution in [-0.2, 0) is 4.79 Å². The van der Waals surface area contributed by atoms with Gasteiger partial charge in [0, 0.05) is 24.4 Å². The molecule has 16 heavy (non-hydrogen) atoms. The summed E-state index contributed by atoms with van der Waals surface area (Å²) < 4.78 is 0. The molecule has 1 amide bonds. The summed E-state index contributed by atoms with van der Waals surface area (Å²) in [5.74, 6) is 0.907. The van der Waals surface area contributed by atoms with Crippen LogP contribution in [-0.4, -0.2) is 27.7 Å². The van der Waals surface area contributed by atoms with Gasteiger partial charge in [0.15, 0.2) is 0 Å². The fraction of sp³-hybridized carbons (Fsp3) is 0.444. The smallest absolute Gasteiger partial charge is 0.228 e. The van der Waals surface area contributed by atoms with Gasteiger partial charge in [-0.25, -0.2) is 4.98 Å². The number of amides is 1. The van der Waals surface area contributed by atoms with Crippen LogP contribution >= 0.6 is 27.5 Å². The first-order chi connectivity index (χ1) is 7.60. The predicted molar refractivity (Wildman–Crippen MR) is 65.7 cm³/mol. The highest BCUT2D eigenvalue weighted by Crippen LogP contribution is 2.26. The zero-order valence-corrected chi connectivity index (χ0v) is 10.7. The maximum Gasteiger partial charge on any atom is 0.228 e. The van der Waals surface area contributed by atoms with Crippen LogP contribution in [0.4, 0.5) is 11.8 Å². The Kier molecular flexibility index (Phi) is 3.30. The molecule has 1 unspecified atom stereocenters. The first kappa shape index (κ1) is 11.6. The van der Waals surface area contributed by atoms with Crippen LogP contribution < -0.4 is 10.6 Å². The number of rotatable bonds is 2. The molecule has 1 aromatic heterocycles. The molecule has 1 aliphatic heterocycles. The standard InChI is InChI=1S/C9H10BrClN4O/c10-3-5-1-8(16)15(4-5)7-2-6(11)13-9(12)14-7/h2,5H,1,3-4H2,(H2,12,13,14). The van der Waals surface area contributed by atoms with Crippen LogP contribution in [0.5, 0.6) is 0 Å². The summed E-state index contributed by atoms with van der Waals surface area (Å²) in [6.45, 7) is 0.636. The minimum absolute atomic E-state index is 0.0404. The number of anilines is 2. The summed E-state index contributed by atoms with van der Waals surface area (Å²) in [5.41, 5.74) is 5.49. The van der Waals surface area contributed by atoms with Crippen molar-refractivity contribution in [1.29, 1.82) is 0 Å². The topological polar surface area (TPSA) is 72.1 Å². The third-order valence-corrected chi connectivity index (χ3v) is 3.51. The minimum Gasteiger partial charge on any atom is -0.368 e. The van der Waals surface area contributed by atoms with E-state index in [1.807, 2.05) is 0 Å². The third-order valence-electron chi connectivity index (χ3n) is 2.40. The molecule has 0 bridgehead atoms. The van der Waals surface area contributed by atoms with Crippen molar-refractivity contribution in [3.05, 3.63) is 11.2 Å². The molecular formula is C9H10BrClN4O.